The molecule has 0 N–H and O–H groups in total. The number of fused-ring (bicyclic) bond motifs is 1. The van der Waals surface area contributed by atoms with Gasteiger partial charge in [0.2, 0.25) is 0 Å². The van der Waals surface area contributed by atoms with Gasteiger partial charge in [-0.1, -0.05) is 46.3 Å². The van der Waals surface area contributed by atoms with E-state index in [2.05, 4.69) is 50.8 Å². The number of imidazole rings is 1. The van der Waals surface area contributed by atoms with Crippen molar-refractivity contribution < 1.29 is 0 Å². The van der Waals surface area contributed by atoms with E-state index in [-0.39, 0.29) is 5.38 Å². The highest BCUT2D eigenvalue weighted by Crippen LogP contribution is 2.42. The molecule has 21 heavy (non-hydrogen) atoms. The van der Waals surface area contributed by atoms with Crippen molar-refractivity contribution in [3.8, 4) is 0 Å². The first-order valence-electron chi connectivity index (χ1n) is 7.10. The lowest BCUT2D eigenvalue weighted by Crippen LogP contribution is -2.05. The Kier molecular flexibility index (Phi) is 3.27. The van der Waals surface area contributed by atoms with E-state index in [9.17, 15) is 0 Å². The molecule has 3 aromatic rings. The van der Waals surface area contributed by atoms with Crippen LogP contribution in [0.5, 0.6) is 0 Å². The van der Waals surface area contributed by atoms with Gasteiger partial charge in [0.1, 0.15) is 11.2 Å². The topological polar surface area (TPSA) is 17.8 Å². The largest absolute Gasteiger partial charge is 0.323 e. The normalized spacial score (nSPS) is 16.3. The highest BCUT2D eigenvalue weighted by atomic mass is 79.9. The summed E-state index contributed by atoms with van der Waals surface area (Å²) in [7, 11) is 0. The van der Waals surface area contributed by atoms with Crippen LogP contribution in [-0.4, -0.2) is 9.55 Å². The Balaban J connectivity index is 1.89. The first-order chi connectivity index (χ1) is 10.2. The van der Waals surface area contributed by atoms with Crippen molar-refractivity contribution in [3.05, 3.63) is 64.4 Å². The van der Waals surface area contributed by atoms with Crippen LogP contribution in [0.15, 0.2) is 53.0 Å². The summed E-state index contributed by atoms with van der Waals surface area (Å²) < 4.78 is 3.37. The molecule has 1 unspecified atom stereocenters. The summed E-state index contributed by atoms with van der Waals surface area (Å²) in [6, 6.07) is 17.0. The van der Waals surface area contributed by atoms with E-state index in [4.69, 9.17) is 16.6 Å². The second kappa shape index (κ2) is 5.15. The highest BCUT2D eigenvalue weighted by molar-refractivity contribution is 9.10. The summed E-state index contributed by atoms with van der Waals surface area (Å²) in [5.74, 6) is 0.957. The van der Waals surface area contributed by atoms with Gasteiger partial charge in [0.05, 0.1) is 11.0 Å². The molecule has 1 aromatic heterocycles. The molecule has 0 saturated heterocycles. The standard InChI is InChI=1S/C17H14BrClN2/c18-12-6-9-15-14(10-12)20-17(21(15)13-7-8-13)16(19)11-4-2-1-3-5-11/h1-6,9-10,13,16H,7-8H2. The average molecular weight is 362 g/mol. The summed E-state index contributed by atoms with van der Waals surface area (Å²) in [5, 5.41) is -0.210. The molecule has 0 bridgehead atoms. The fourth-order valence-electron chi connectivity index (χ4n) is 2.76. The summed E-state index contributed by atoms with van der Waals surface area (Å²) in [5.41, 5.74) is 3.28. The third-order valence-corrected chi connectivity index (χ3v) is 4.85. The van der Waals surface area contributed by atoms with Crippen LogP contribution >= 0.6 is 27.5 Å². The fraction of sp³-hybridized carbons (Fsp3) is 0.235. The molecule has 0 amide bonds. The molecule has 1 aliphatic rings. The maximum absolute atomic E-state index is 6.72. The molecule has 1 atom stereocenters. The van der Waals surface area contributed by atoms with Crippen molar-refractivity contribution in [1.29, 1.82) is 0 Å². The molecule has 4 rings (SSSR count). The van der Waals surface area contributed by atoms with Crippen molar-refractivity contribution in [2.45, 2.75) is 24.3 Å². The lowest BCUT2D eigenvalue weighted by molar-refractivity contribution is 0.709. The van der Waals surface area contributed by atoms with Crippen LogP contribution in [0.2, 0.25) is 0 Å². The van der Waals surface area contributed by atoms with Crippen LogP contribution < -0.4 is 0 Å². The van der Waals surface area contributed by atoms with Gasteiger partial charge in [0.25, 0.3) is 0 Å². The number of aromatic nitrogens is 2. The van der Waals surface area contributed by atoms with Gasteiger partial charge < -0.3 is 4.57 Å². The second-order valence-corrected chi connectivity index (χ2v) is 6.83. The van der Waals surface area contributed by atoms with Crippen molar-refractivity contribution in [3.63, 3.8) is 0 Å². The molecule has 0 radical (unpaired) electrons. The van der Waals surface area contributed by atoms with Crippen LogP contribution in [0, 0.1) is 0 Å². The van der Waals surface area contributed by atoms with Gasteiger partial charge in [-0.25, -0.2) is 4.98 Å². The quantitative estimate of drug-likeness (QED) is 0.566. The lowest BCUT2D eigenvalue weighted by Gasteiger charge is -2.13. The van der Waals surface area contributed by atoms with Gasteiger partial charge in [0, 0.05) is 10.5 Å². The summed E-state index contributed by atoms with van der Waals surface area (Å²) in [4.78, 5) is 4.81. The molecular weight excluding hydrogens is 348 g/mol. The molecule has 4 heteroatoms. The zero-order valence-electron chi connectivity index (χ0n) is 11.3. The van der Waals surface area contributed by atoms with E-state index < -0.39 is 0 Å². The molecular formula is C17H14BrClN2. The number of nitrogens with zero attached hydrogens (tertiary/aromatic N) is 2. The predicted octanol–water partition coefficient (Wildman–Crippen LogP) is 5.46. The summed E-state index contributed by atoms with van der Waals surface area (Å²) >= 11 is 10.2. The third-order valence-electron chi connectivity index (χ3n) is 3.91. The van der Waals surface area contributed by atoms with Crippen molar-refractivity contribution in [2.24, 2.45) is 0 Å². The van der Waals surface area contributed by atoms with Crippen LogP contribution in [0.3, 0.4) is 0 Å². The van der Waals surface area contributed by atoms with Crippen LogP contribution in [-0.2, 0) is 0 Å². The third kappa shape index (κ3) is 2.39. The van der Waals surface area contributed by atoms with E-state index in [1.807, 2.05) is 18.2 Å². The van der Waals surface area contributed by atoms with E-state index >= 15 is 0 Å². The second-order valence-electron chi connectivity index (χ2n) is 5.48. The number of hydrogen-bond acceptors (Lipinski definition) is 1. The SMILES string of the molecule is ClC(c1ccccc1)c1nc2cc(Br)ccc2n1C1CC1. The maximum atomic E-state index is 6.72. The summed E-state index contributed by atoms with van der Waals surface area (Å²) in [6.07, 6.45) is 2.43. The number of alkyl halides is 1. The molecule has 106 valence electrons. The van der Waals surface area contributed by atoms with E-state index in [1.165, 1.54) is 18.4 Å². The molecule has 1 fully saturated rings. The highest BCUT2D eigenvalue weighted by Gasteiger charge is 2.30. The minimum atomic E-state index is -0.210. The van der Waals surface area contributed by atoms with Gasteiger partial charge >= 0.3 is 0 Å². The molecule has 1 saturated carbocycles. The Morgan fingerprint density at radius 1 is 1.14 bits per heavy atom. The van der Waals surface area contributed by atoms with Crippen molar-refractivity contribution >= 4 is 38.6 Å². The Morgan fingerprint density at radius 2 is 1.90 bits per heavy atom. The van der Waals surface area contributed by atoms with Crippen LogP contribution in [0.25, 0.3) is 11.0 Å². The van der Waals surface area contributed by atoms with E-state index in [0.717, 1.165) is 21.4 Å². The Morgan fingerprint density at radius 3 is 2.62 bits per heavy atom. The number of hydrogen-bond donors (Lipinski definition) is 0. The minimum absolute atomic E-state index is 0.210. The van der Waals surface area contributed by atoms with E-state index in [1.54, 1.807) is 0 Å². The zero-order valence-corrected chi connectivity index (χ0v) is 13.7. The first-order valence-corrected chi connectivity index (χ1v) is 8.33. The smallest absolute Gasteiger partial charge is 0.132 e. The molecule has 1 heterocycles. The molecule has 0 spiro atoms. The van der Waals surface area contributed by atoms with Gasteiger partial charge in [-0.2, -0.15) is 0 Å². The van der Waals surface area contributed by atoms with E-state index in [0.29, 0.717) is 6.04 Å². The van der Waals surface area contributed by atoms with Crippen molar-refractivity contribution in [2.75, 3.05) is 0 Å². The van der Waals surface area contributed by atoms with Crippen LogP contribution in [0.1, 0.15) is 35.6 Å². The maximum Gasteiger partial charge on any atom is 0.132 e. The number of halogens is 2. The summed E-state index contributed by atoms with van der Waals surface area (Å²) in [6.45, 7) is 0. The Hall–Kier alpha value is -1.32. The lowest BCUT2D eigenvalue weighted by atomic mass is 10.1. The van der Waals surface area contributed by atoms with Gasteiger partial charge in [-0.3, -0.25) is 0 Å². The fourth-order valence-corrected chi connectivity index (χ4v) is 3.41. The molecule has 0 aliphatic heterocycles. The van der Waals surface area contributed by atoms with Gasteiger partial charge in [-0.05, 0) is 36.6 Å². The molecule has 2 aromatic carbocycles. The minimum Gasteiger partial charge on any atom is -0.323 e. The van der Waals surface area contributed by atoms with Crippen molar-refractivity contribution in [1.82, 2.24) is 9.55 Å². The number of rotatable bonds is 3. The monoisotopic (exact) mass is 360 g/mol. The number of benzene rings is 2. The Labute approximate surface area is 136 Å². The molecule has 2 nitrogen and oxygen atoms in total. The Bertz CT molecular complexity index is 793. The average Bonchev–Trinajstić information content (AvgIpc) is 3.28. The van der Waals surface area contributed by atoms with Gasteiger partial charge in [-0.15, -0.1) is 11.6 Å². The molecule has 1 aliphatic carbocycles. The van der Waals surface area contributed by atoms with Crippen LogP contribution in [0.4, 0.5) is 0 Å². The zero-order chi connectivity index (χ0) is 14.4. The van der Waals surface area contributed by atoms with Gasteiger partial charge in [0.15, 0.2) is 0 Å². The predicted molar refractivity (Wildman–Crippen MR) is 89.8 cm³/mol. The first kappa shape index (κ1) is 13.4.